The third-order valence-corrected chi connectivity index (χ3v) is 2.76. The van der Waals surface area contributed by atoms with Crippen molar-refractivity contribution < 1.29 is 9.59 Å². The van der Waals surface area contributed by atoms with E-state index >= 15 is 0 Å². The van der Waals surface area contributed by atoms with E-state index < -0.39 is 5.91 Å². The van der Waals surface area contributed by atoms with Crippen LogP contribution in [0.3, 0.4) is 0 Å². The van der Waals surface area contributed by atoms with Gasteiger partial charge in [-0.2, -0.15) is 0 Å². The molecule has 2 amide bonds. The van der Waals surface area contributed by atoms with Crippen LogP contribution in [0.1, 0.15) is 46.5 Å². The van der Waals surface area contributed by atoms with Gasteiger partial charge in [0.2, 0.25) is 11.8 Å². The van der Waals surface area contributed by atoms with Gasteiger partial charge in [-0.25, -0.2) is 0 Å². The van der Waals surface area contributed by atoms with E-state index in [-0.39, 0.29) is 23.8 Å². The monoisotopic (exact) mass is 243 g/mol. The van der Waals surface area contributed by atoms with E-state index in [9.17, 15) is 9.59 Å². The predicted octanol–water partition coefficient (Wildman–Crippen LogP) is 0.522. The maximum Gasteiger partial charge on any atom is 0.220 e. The second kappa shape index (κ2) is 7.27. The zero-order valence-corrected chi connectivity index (χ0v) is 11.1. The van der Waals surface area contributed by atoms with Crippen molar-refractivity contribution in [1.82, 2.24) is 5.32 Å². The Morgan fingerprint density at radius 3 is 2.35 bits per heavy atom. The lowest BCUT2D eigenvalue weighted by Crippen LogP contribution is -2.36. The van der Waals surface area contributed by atoms with Crippen molar-refractivity contribution in [1.29, 1.82) is 0 Å². The van der Waals surface area contributed by atoms with Gasteiger partial charge in [-0.1, -0.05) is 13.8 Å². The molecule has 0 saturated heterocycles. The molecule has 0 radical (unpaired) electrons. The summed E-state index contributed by atoms with van der Waals surface area (Å²) in [5.74, 6) is -0.440. The number of carbonyl (C=O) groups excluding carboxylic acids is 2. The van der Waals surface area contributed by atoms with Crippen molar-refractivity contribution in [2.75, 3.05) is 6.54 Å². The first kappa shape index (κ1) is 15.9. The number of amides is 2. The van der Waals surface area contributed by atoms with Gasteiger partial charge in [-0.15, -0.1) is 0 Å². The average Bonchev–Trinajstić information content (AvgIpc) is 2.13. The highest BCUT2D eigenvalue weighted by Crippen LogP contribution is 2.25. The Bertz CT molecular complexity index is 264. The van der Waals surface area contributed by atoms with Crippen molar-refractivity contribution >= 4 is 11.8 Å². The molecule has 100 valence electrons. The maximum atomic E-state index is 11.6. The molecular weight excluding hydrogens is 218 g/mol. The van der Waals surface area contributed by atoms with Gasteiger partial charge in [0, 0.05) is 18.9 Å². The van der Waals surface area contributed by atoms with E-state index in [1.54, 1.807) is 6.92 Å². The molecule has 1 atom stereocenters. The second-order valence-corrected chi connectivity index (χ2v) is 5.34. The molecule has 0 fully saturated rings. The van der Waals surface area contributed by atoms with Gasteiger partial charge in [-0.3, -0.25) is 9.59 Å². The summed E-state index contributed by atoms with van der Waals surface area (Å²) in [7, 11) is 0. The number of hydrogen-bond donors (Lipinski definition) is 3. The van der Waals surface area contributed by atoms with Crippen LogP contribution in [0.25, 0.3) is 0 Å². The number of nitrogens with one attached hydrogen (secondary N) is 1. The standard InChI is InChI=1S/C12H25N3O2/c1-9(8-10(14)16)15-11(17)4-5-12(2,3)6-7-13/h9H,4-8,13H2,1-3H3,(H2,14,16)(H,15,17). The first-order chi connectivity index (χ1) is 7.76. The summed E-state index contributed by atoms with van der Waals surface area (Å²) in [5, 5.41) is 2.75. The van der Waals surface area contributed by atoms with E-state index in [1.165, 1.54) is 0 Å². The molecule has 0 spiro atoms. The molecule has 0 aromatic rings. The molecule has 1 unspecified atom stereocenters. The van der Waals surface area contributed by atoms with E-state index in [0.29, 0.717) is 13.0 Å². The van der Waals surface area contributed by atoms with Gasteiger partial charge in [0.15, 0.2) is 0 Å². The summed E-state index contributed by atoms with van der Waals surface area (Å²) in [6, 6.07) is -0.197. The van der Waals surface area contributed by atoms with E-state index in [0.717, 1.165) is 12.8 Å². The van der Waals surface area contributed by atoms with Crippen LogP contribution < -0.4 is 16.8 Å². The normalized spacial score (nSPS) is 13.2. The van der Waals surface area contributed by atoms with Crippen molar-refractivity contribution in [2.45, 2.75) is 52.5 Å². The first-order valence-corrected chi connectivity index (χ1v) is 6.04. The lowest BCUT2D eigenvalue weighted by Gasteiger charge is -2.23. The first-order valence-electron chi connectivity index (χ1n) is 6.04. The molecule has 0 aliphatic rings. The van der Waals surface area contributed by atoms with Crippen LogP contribution in [0.15, 0.2) is 0 Å². The molecule has 0 rings (SSSR count). The minimum atomic E-state index is -0.402. The highest BCUT2D eigenvalue weighted by atomic mass is 16.2. The molecule has 0 aliphatic heterocycles. The van der Waals surface area contributed by atoms with Gasteiger partial charge in [0.25, 0.3) is 0 Å². The smallest absolute Gasteiger partial charge is 0.220 e. The average molecular weight is 243 g/mol. The highest BCUT2D eigenvalue weighted by molar-refractivity contribution is 5.78. The van der Waals surface area contributed by atoms with Crippen molar-refractivity contribution in [2.24, 2.45) is 16.9 Å². The Morgan fingerprint density at radius 1 is 1.29 bits per heavy atom. The van der Waals surface area contributed by atoms with Gasteiger partial charge in [-0.05, 0) is 31.7 Å². The Balaban J connectivity index is 3.90. The fourth-order valence-electron chi connectivity index (χ4n) is 1.67. The fraction of sp³-hybridized carbons (Fsp3) is 0.833. The van der Waals surface area contributed by atoms with Gasteiger partial charge >= 0.3 is 0 Å². The molecule has 5 heteroatoms. The molecule has 17 heavy (non-hydrogen) atoms. The Morgan fingerprint density at radius 2 is 1.88 bits per heavy atom. The predicted molar refractivity (Wildman–Crippen MR) is 68.1 cm³/mol. The van der Waals surface area contributed by atoms with E-state index in [2.05, 4.69) is 19.2 Å². The lowest BCUT2D eigenvalue weighted by atomic mass is 9.84. The summed E-state index contributed by atoms with van der Waals surface area (Å²) in [6.07, 6.45) is 2.32. The van der Waals surface area contributed by atoms with Crippen molar-refractivity contribution in [3.8, 4) is 0 Å². The summed E-state index contributed by atoms with van der Waals surface area (Å²) in [6.45, 7) is 6.60. The molecule has 0 aliphatic carbocycles. The Labute approximate surface area is 103 Å². The largest absolute Gasteiger partial charge is 0.370 e. The van der Waals surface area contributed by atoms with Crippen LogP contribution in [0.4, 0.5) is 0 Å². The van der Waals surface area contributed by atoms with Crippen LogP contribution in [0.5, 0.6) is 0 Å². The number of carbonyl (C=O) groups is 2. The zero-order valence-electron chi connectivity index (χ0n) is 11.1. The van der Waals surface area contributed by atoms with Gasteiger partial charge in [0.05, 0.1) is 0 Å². The molecule has 0 aromatic heterocycles. The third kappa shape index (κ3) is 8.68. The molecule has 5 nitrogen and oxygen atoms in total. The number of nitrogens with two attached hydrogens (primary N) is 2. The summed E-state index contributed by atoms with van der Waals surface area (Å²) in [4.78, 5) is 22.2. The van der Waals surface area contributed by atoms with E-state index in [4.69, 9.17) is 11.5 Å². The Kier molecular flexibility index (Phi) is 6.80. The van der Waals surface area contributed by atoms with Crippen molar-refractivity contribution in [3.05, 3.63) is 0 Å². The third-order valence-electron chi connectivity index (χ3n) is 2.76. The number of primary amides is 1. The minimum absolute atomic E-state index is 0.0381. The second-order valence-electron chi connectivity index (χ2n) is 5.34. The molecule has 5 N–H and O–H groups in total. The SMILES string of the molecule is CC(CC(N)=O)NC(=O)CCC(C)(C)CCN. The molecule has 0 bridgehead atoms. The zero-order chi connectivity index (χ0) is 13.5. The molecule has 0 saturated carbocycles. The summed E-state index contributed by atoms with van der Waals surface area (Å²) in [5.41, 5.74) is 10.6. The van der Waals surface area contributed by atoms with E-state index in [1.807, 2.05) is 0 Å². The Hall–Kier alpha value is -1.10. The highest BCUT2D eigenvalue weighted by Gasteiger charge is 2.19. The molecule has 0 heterocycles. The van der Waals surface area contributed by atoms with Crippen LogP contribution >= 0.6 is 0 Å². The van der Waals surface area contributed by atoms with Gasteiger partial charge in [0.1, 0.15) is 0 Å². The molecule has 0 aromatic carbocycles. The van der Waals surface area contributed by atoms with Gasteiger partial charge < -0.3 is 16.8 Å². The lowest BCUT2D eigenvalue weighted by molar-refractivity contribution is -0.122. The minimum Gasteiger partial charge on any atom is -0.370 e. The summed E-state index contributed by atoms with van der Waals surface area (Å²) < 4.78 is 0. The maximum absolute atomic E-state index is 11.6. The topological polar surface area (TPSA) is 98.2 Å². The summed E-state index contributed by atoms with van der Waals surface area (Å²) >= 11 is 0. The quantitative estimate of drug-likeness (QED) is 0.579. The molecular formula is C12H25N3O2. The fourth-order valence-corrected chi connectivity index (χ4v) is 1.67. The van der Waals surface area contributed by atoms with Crippen LogP contribution in [0, 0.1) is 5.41 Å². The van der Waals surface area contributed by atoms with Crippen LogP contribution in [-0.4, -0.2) is 24.4 Å². The number of hydrogen-bond acceptors (Lipinski definition) is 3. The number of rotatable bonds is 8. The van der Waals surface area contributed by atoms with Crippen molar-refractivity contribution in [3.63, 3.8) is 0 Å². The van der Waals surface area contributed by atoms with Crippen LogP contribution in [-0.2, 0) is 9.59 Å². The van der Waals surface area contributed by atoms with Crippen LogP contribution in [0.2, 0.25) is 0 Å².